The van der Waals surface area contributed by atoms with Crippen LogP contribution < -0.4 is 4.74 Å². The number of hydrogen-bond donors (Lipinski definition) is 0. The summed E-state index contributed by atoms with van der Waals surface area (Å²) in [6.07, 6.45) is 8.52. The minimum atomic E-state index is 0.0722. The van der Waals surface area contributed by atoms with Gasteiger partial charge in [0.15, 0.2) is 0 Å². The zero-order valence-corrected chi connectivity index (χ0v) is 16.3. The first kappa shape index (κ1) is 20.0. The van der Waals surface area contributed by atoms with Gasteiger partial charge in [-0.1, -0.05) is 30.7 Å². The van der Waals surface area contributed by atoms with Crippen molar-refractivity contribution in [2.45, 2.75) is 78.1 Å². The van der Waals surface area contributed by atoms with Crippen LogP contribution in [0.5, 0.6) is 5.75 Å². The highest BCUT2D eigenvalue weighted by atomic mass is 16.5. The second-order valence-corrected chi connectivity index (χ2v) is 7.17. The topological polar surface area (TPSA) is 27.7 Å². The molecule has 140 valence electrons. The van der Waals surface area contributed by atoms with Crippen LogP contribution in [-0.2, 0) is 15.9 Å². The van der Waals surface area contributed by atoms with Gasteiger partial charge in [0.05, 0.1) is 18.8 Å². The number of aryl methyl sites for hydroxylation is 1. The van der Waals surface area contributed by atoms with E-state index in [1.165, 1.54) is 5.56 Å². The molecule has 1 aromatic rings. The van der Waals surface area contributed by atoms with Gasteiger partial charge in [0.25, 0.3) is 0 Å². The molecule has 3 unspecified atom stereocenters. The first-order valence-corrected chi connectivity index (χ1v) is 9.73. The number of unbranched alkanes of at least 4 members (excludes halogenated alkanes) is 1. The Kier molecular flexibility index (Phi) is 8.50. The van der Waals surface area contributed by atoms with Crippen LogP contribution in [0.15, 0.2) is 35.9 Å². The highest BCUT2D eigenvalue weighted by Gasteiger charge is 2.18. The molecule has 0 spiro atoms. The van der Waals surface area contributed by atoms with Gasteiger partial charge < -0.3 is 14.2 Å². The zero-order valence-electron chi connectivity index (χ0n) is 16.3. The van der Waals surface area contributed by atoms with Crippen LogP contribution in [0.2, 0.25) is 0 Å². The molecule has 0 radical (unpaired) electrons. The fraction of sp³-hybridized carbons (Fsp3) is 0.636. The smallest absolute Gasteiger partial charge is 0.119 e. The molecule has 0 saturated carbocycles. The van der Waals surface area contributed by atoms with Crippen molar-refractivity contribution >= 4 is 0 Å². The van der Waals surface area contributed by atoms with E-state index in [0.29, 0.717) is 18.8 Å². The van der Waals surface area contributed by atoms with Crippen molar-refractivity contribution in [3.05, 3.63) is 41.5 Å². The molecule has 1 saturated heterocycles. The van der Waals surface area contributed by atoms with Crippen LogP contribution in [0.4, 0.5) is 0 Å². The van der Waals surface area contributed by atoms with Gasteiger partial charge >= 0.3 is 0 Å². The van der Waals surface area contributed by atoms with E-state index in [4.69, 9.17) is 14.2 Å². The molecule has 1 fully saturated rings. The number of hydrogen-bond acceptors (Lipinski definition) is 3. The lowest BCUT2D eigenvalue weighted by Crippen LogP contribution is -2.24. The second-order valence-electron chi connectivity index (χ2n) is 7.17. The molecule has 1 heterocycles. The molecule has 0 N–H and O–H groups in total. The maximum atomic E-state index is 5.89. The summed E-state index contributed by atoms with van der Waals surface area (Å²) >= 11 is 0. The fourth-order valence-electron chi connectivity index (χ4n) is 3.29. The van der Waals surface area contributed by atoms with Crippen LogP contribution in [0.3, 0.4) is 0 Å². The molecule has 0 aliphatic carbocycles. The second kappa shape index (κ2) is 10.6. The maximum Gasteiger partial charge on any atom is 0.119 e. The largest absolute Gasteiger partial charge is 0.488 e. The van der Waals surface area contributed by atoms with E-state index in [9.17, 15) is 0 Å². The summed E-state index contributed by atoms with van der Waals surface area (Å²) in [5.74, 6) is 0.917. The Hall–Kier alpha value is -1.32. The zero-order chi connectivity index (χ0) is 18.1. The molecule has 0 aromatic heterocycles. The van der Waals surface area contributed by atoms with Gasteiger partial charge in [-0.05, 0) is 70.6 Å². The third kappa shape index (κ3) is 7.62. The van der Waals surface area contributed by atoms with Crippen LogP contribution >= 0.6 is 0 Å². The lowest BCUT2D eigenvalue weighted by molar-refractivity contribution is -0.0104. The van der Waals surface area contributed by atoms with Crippen LogP contribution in [-0.4, -0.2) is 31.5 Å². The van der Waals surface area contributed by atoms with Crippen molar-refractivity contribution in [1.82, 2.24) is 0 Å². The van der Waals surface area contributed by atoms with E-state index >= 15 is 0 Å². The molecule has 3 heteroatoms. The summed E-state index contributed by atoms with van der Waals surface area (Å²) in [6.45, 7) is 9.95. The first-order valence-electron chi connectivity index (χ1n) is 9.73. The van der Waals surface area contributed by atoms with Gasteiger partial charge in [-0.2, -0.15) is 0 Å². The Balaban J connectivity index is 1.57. The van der Waals surface area contributed by atoms with E-state index in [-0.39, 0.29) is 6.10 Å². The standard InChI is InChI=1S/C22H34O3/c1-5-20-9-11-22(12-10-20)25-19(4)16-23-13-7-6-8-21-14-17(2)24-18(3)15-21/h8-12,17-19H,5-7,13-16H2,1-4H3. The van der Waals surface area contributed by atoms with Crippen molar-refractivity contribution in [1.29, 1.82) is 0 Å². The Morgan fingerprint density at radius 2 is 1.84 bits per heavy atom. The van der Waals surface area contributed by atoms with E-state index in [1.807, 2.05) is 12.1 Å². The lowest BCUT2D eigenvalue weighted by Gasteiger charge is -2.27. The Morgan fingerprint density at radius 3 is 2.48 bits per heavy atom. The van der Waals surface area contributed by atoms with Crippen molar-refractivity contribution in [2.24, 2.45) is 0 Å². The number of rotatable bonds is 9. The van der Waals surface area contributed by atoms with Crippen LogP contribution in [0.25, 0.3) is 0 Å². The normalized spacial score (nSPS) is 21.8. The van der Waals surface area contributed by atoms with Crippen molar-refractivity contribution in [3.63, 3.8) is 0 Å². The molecule has 1 aliphatic rings. The molecule has 2 rings (SSSR count). The van der Waals surface area contributed by atoms with Gasteiger partial charge in [-0.25, -0.2) is 0 Å². The number of benzene rings is 1. The van der Waals surface area contributed by atoms with Crippen molar-refractivity contribution < 1.29 is 14.2 Å². The first-order chi connectivity index (χ1) is 12.1. The minimum absolute atomic E-state index is 0.0722. The van der Waals surface area contributed by atoms with Gasteiger partial charge in [0, 0.05) is 6.61 Å². The average molecular weight is 347 g/mol. The highest BCUT2D eigenvalue weighted by Crippen LogP contribution is 2.24. The van der Waals surface area contributed by atoms with E-state index < -0.39 is 0 Å². The maximum absolute atomic E-state index is 5.89. The van der Waals surface area contributed by atoms with Crippen molar-refractivity contribution in [2.75, 3.05) is 13.2 Å². The Bertz CT molecular complexity index is 509. The van der Waals surface area contributed by atoms with E-state index in [1.54, 1.807) is 5.57 Å². The molecule has 25 heavy (non-hydrogen) atoms. The minimum Gasteiger partial charge on any atom is -0.488 e. The Morgan fingerprint density at radius 1 is 1.16 bits per heavy atom. The average Bonchev–Trinajstić information content (AvgIpc) is 2.58. The summed E-state index contributed by atoms with van der Waals surface area (Å²) in [6, 6.07) is 8.32. The summed E-state index contributed by atoms with van der Waals surface area (Å²) in [4.78, 5) is 0. The van der Waals surface area contributed by atoms with Gasteiger partial charge in [0.1, 0.15) is 11.9 Å². The van der Waals surface area contributed by atoms with Crippen LogP contribution in [0.1, 0.15) is 58.9 Å². The summed E-state index contributed by atoms with van der Waals surface area (Å²) < 4.78 is 17.4. The lowest BCUT2D eigenvalue weighted by atomic mass is 9.98. The highest BCUT2D eigenvalue weighted by molar-refractivity contribution is 5.27. The summed E-state index contributed by atoms with van der Waals surface area (Å²) in [5, 5.41) is 0. The number of ether oxygens (including phenoxy) is 3. The molecule has 0 bridgehead atoms. The third-order valence-electron chi connectivity index (χ3n) is 4.51. The fourth-order valence-corrected chi connectivity index (χ4v) is 3.29. The van der Waals surface area contributed by atoms with Gasteiger partial charge in [-0.3, -0.25) is 0 Å². The molecule has 3 nitrogen and oxygen atoms in total. The monoisotopic (exact) mass is 346 g/mol. The number of allylic oxidation sites excluding steroid dienone is 1. The van der Waals surface area contributed by atoms with E-state index in [2.05, 4.69) is 45.9 Å². The van der Waals surface area contributed by atoms with Gasteiger partial charge in [0.2, 0.25) is 0 Å². The predicted molar refractivity (Wildman–Crippen MR) is 103 cm³/mol. The quantitative estimate of drug-likeness (QED) is 0.447. The summed E-state index contributed by atoms with van der Waals surface area (Å²) in [7, 11) is 0. The molecular formula is C22H34O3. The SMILES string of the molecule is CCc1ccc(OC(C)COCCCC=C2CC(C)OC(C)C2)cc1. The Labute approximate surface area is 153 Å². The van der Waals surface area contributed by atoms with Crippen molar-refractivity contribution in [3.8, 4) is 5.75 Å². The van der Waals surface area contributed by atoms with E-state index in [0.717, 1.165) is 44.5 Å². The predicted octanol–water partition coefficient (Wildman–Crippen LogP) is 5.33. The molecule has 1 aliphatic heterocycles. The molecule has 1 aromatic carbocycles. The summed E-state index contributed by atoms with van der Waals surface area (Å²) in [5.41, 5.74) is 2.87. The van der Waals surface area contributed by atoms with Crippen LogP contribution in [0, 0.1) is 0 Å². The molecule has 3 atom stereocenters. The third-order valence-corrected chi connectivity index (χ3v) is 4.51. The molecular weight excluding hydrogens is 312 g/mol. The molecule has 0 amide bonds. The van der Waals surface area contributed by atoms with Gasteiger partial charge in [-0.15, -0.1) is 0 Å².